The lowest BCUT2D eigenvalue weighted by Crippen LogP contribution is -2.01. The average molecular weight is 286 g/mol. The standard InChI is InChI=1S/C16H14O5/c1-18-13-7-14-16(21-10-20-14)15(12(13)8-17)19-9-11-5-3-2-4-6-11/h2-8H,9-10H2,1H3. The molecule has 0 saturated carbocycles. The Morgan fingerprint density at radius 3 is 2.76 bits per heavy atom. The van der Waals surface area contributed by atoms with Gasteiger partial charge >= 0.3 is 0 Å². The molecule has 5 heteroatoms. The normalized spacial score (nSPS) is 12.0. The molecule has 21 heavy (non-hydrogen) atoms. The van der Waals surface area contributed by atoms with Crippen molar-refractivity contribution in [2.75, 3.05) is 13.9 Å². The summed E-state index contributed by atoms with van der Waals surface area (Å²) >= 11 is 0. The van der Waals surface area contributed by atoms with E-state index in [9.17, 15) is 4.79 Å². The van der Waals surface area contributed by atoms with Crippen LogP contribution in [0.2, 0.25) is 0 Å². The second-order valence-electron chi connectivity index (χ2n) is 4.45. The number of methoxy groups -OCH3 is 1. The SMILES string of the molecule is COc1cc2c(c(OCc3ccccc3)c1C=O)OCO2. The summed E-state index contributed by atoms with van der Waals surface area (Å²) in [5.74, 6) is 1.70. The smallest absolute Gasteiger partial charge is 0.231 e. The van der Waals surface area contributed by atoms with Gasteiger partial charge in [0.2, 0.25) is 12.5 Å². The summed E-state index contributed by atoms with van der Waals surface area (Å²) in [6, 6.07) is 11.3. The summed E-state index contributed by atoms with van der Waals surface area (Å²) in [5, 5.41) is 0. The predicted molar refractivity (Wildman–Crippen MR) is 75.3 cm³/mol. The maximum absolute atomic E-state index is 11.4. The molecular weight excluding hydrogens is 272 g/mol. The molecule has 0 amide bonds. The van der Waals surface area contributed by atoms with Crippen LogP contribution in [-0.2, 0) is 6.61 Å². The number of ether oxygens (including phenoxy) is 4. The maximum atomic E-state index is 11.4. The molecule has 5 nitrogen and oxygen atoms in total. The highest BCUT2D eigenvalue weighted by atomic mass is 16.7. The Bertz CT molecular complexity index is 651. The molecule has 0 aromatic heterocycles. The van der Waals surface area contributed by atoms with E-state index < -0.39 is 0 Å². The van der Waals surface area contributed by atoms with Crippen LogP contribution < -0.4 is 18.9 Å². The minimum absolute atomic E-state index is 0.0997. The van der Waals surface area contributed by atoms with Crippen molar-refractivity contribution in [1.82, 2.24) is 0 Å². The third-order valence-electron chi connectivity index (χ3n) is 3.18. The van der Waals surface area contributed by atoms with Gasteiger partial charge in [-0.2, -0.15) is 0 Å². The lowest BCUT2D eigenvalue weighted by molar-refractivity contribution is 0.111. The van der Waals surface area contributed by atoms with E-state index in [4.69, 9.17) is 18.9 Å². The molecule has 0 N–H and O–H groups in total. The van der Waals surface area contributed by atoms with Crippen LogP contribution in [0.3, 0.4) is 0 Å². The summed E-state index contributed by atoms with van der Waals surface area (Å²) in [6.45, 7) is 0.424. The first-order valence-electron chi connectivity index (χ1n) is 6.46. The van der Waals surface area contributed by atoms with Crippen LogP contribution in [0.5, 0.6) is 23.0 Å². The summed E-state index contributed by atoms with van der Waals surface area (Å²) in [6.07, 6.45) is 0.696. The van der Waals surface area contributed by atoms with Crippen LogP contribution in [0.15, 0.2) is 36.4 Å². The van der Waals surface area contributed by atoms with Crippen LogP contribution in [0, 0.1) is 0 Å². The number of rotatable bonds is 5. The molecule has 108 valence electrons. The van der Waals surface area contributed by atoms with Gasteiger partial charge in [0.15, 0.2) is 17.8 Å². The fourth-order valence-electron chi connectivity index (χ4n) is 2.16. The number of hydrogen-bond acceptors (Lipinski definition) is 5. The zero-order chi connectivity index (χ0) is 14.7. The second kappa shape index (κ2) is 5.75. The highest BCUT2D eigenvalue weighted by molar-refractivity contribution is 5.87. The van der Waals surface area contributed by atoms with Gasteiger partial charge in [0.1, 0.15) is 17.9 Å². The van der Waals surface area contributed by atoms with Crippen LogP contribution in [0.1, 0.15) is 15.9 Å². The Labute approximate surface area is 122 Å². The van der Waals surface area contributed by atoms with E-state index in [1.807, 2.05) is 30.3 Å². The van der Waals surface area contributed by atoms with Gasteiger partial charge in [-0.15, -0.1) is 0 Å². The zero-order valence-corrected chi connectivity index (χ0v) is 11.5. The molecular formula is C16H14O5. The first-order valence-corrected chi connectivity index (χ1v) is 6.46. The molecule has 0 radical (unpaired) electrons. The van der Waals surface area contributed by atoms with E-state index in [-0.39, 0.29) is 6.79 Å². The van der Waals surface area contributed by atoms with Gasteiger partial charge in [-0.1, -0.05) is 30.3 Å². The fourth-order valence-corrected chi connectivity index (χ4v) is 2.16. The molecule has 2 aromatic carbocycles. The third kappa shape index (κ3) is 2.50. The van der Waals surface area contributed by atoms with Crippen molar-refractivity contribution in [2.24, 2.45) is 0 Å². The molecule has 0 aliphatic carbocycles. The number of benzene rings is 2. The van der Waals surface area contributed by atoms with E-state index in [2.05, 4.69) is 0 Å². The Balaban J connectivity index is 1.96. The zero-order valence-electron chi connectivity index (χ0n) is 11.5. The minimum atomic E-state index is 0.0997. The minimum Gasteiger partial charge on any atom is -0.496 e. The molecule has 0 atom stereocenters. The molecule has 0 bridgehead atoms. The van der Waals surface area contributed by atoms with Crippen LogP contribution >= 0.6 is 0 Å². The molecule has 1 aliphatic rings. The second-order valence-corrected chi connectivity index (χ2v) is 4.45. The highest BCUT2D eigenvalue weighted by Gasteiger charge is 2.26. The van der Waals surface area contributed by atoms with Crippen molar-refractivity contribution in [3.8, 4) is 23.0 Å². The van der Waals surface area contributed by atoms with E-state index in [1.165, 1.54) is 7.11 Å². The molecule has 1 heterocycles. The lowest BCUT2D eigenvalue weighted by atomic mass is 10.1. The van der Waals surface area contributed by atoms with Gasteiger partial charge in [-0.25, -0.2) is 0 Å². The molecule has 0 spiro atoms. The molecule has 0 unspecified atom stereocenters. The van der Waals surface area contributed by atoms with E-state index in [0.29, 0.717) is 41.5 Å². The molecule has 3 rings (SSSR count). The fraction of sp³-hybridized carbons (Fsp3) is 0.188. The summed E-state index contributed by atoms with van der Waals surface area (Å²) in [4.78, 5) is 11.4. The van der Waals surface area contributed by atoms with Gasteiger partial charge in [0, 0.05) is 6.07 Å². The summed E-state index contributed by atoms with van der Waals surface area (Å²) in [7, 11) is 1.49. The van der Waals surface area contributed by atoms with E-state index in [1.54, 1.807) is 6.07 Å². The number of aldehydes is 1. The predicted octanol–water partition coefficient (Wildman–Crippen LogP) is 2.82. The van der Waals surface area contributed by atoms with E-state index >= 15 is 0 Å². The Morgan fingerprint density at radius 2 is 2.05 bits per heavy atom. The van der Waals surface area contributed by atoms with Crippen molar-refractivity contribution in [3.05, 3.63) is 47.5 Å². The molecule has 1 aliphatic heterocycles. The van der Waals surface area contributed by atoms with Crippen molar-refractivity contribution in [2.45, 2.75) is 6.61 Å². The maximum Gasteiger partial charge on any atom is 0.231 e. The number of hydrogen-bond donors (Lipinski definition) is 0. The van der Waals surface area contributed by atoms with Gasteiger partial charge in [0.05, 0.1) is 7.11 Å². The Kier molecular flexibility index (Phi) is 3.64. The lowest BCUT2D eigenvalue weighted by Gasteiger charge is -2.13. The number of carbonyl (C=O) groups is 1. The molecule has 0 saturated heterocycles. The van der Waals surface area contributed by atoms with Crippen LogP contribution in [0.25, 0.3) is 0 Å². The van der Waals surface area contributed by atoms with Crippen LogP contribution in [0.4, 0.5) is 0 Å². The Hall–Kier alpha value is -2.69. The largest absolute Gasteiger partial charge is 0.496 e. The first-order chi connectivity index (χ1) is 10.3. The van der Waals surface area contributed by atoms with Crippen molar-refractivity contribution in [3.63, 3.8) is 0 Å². The van der Waals surface area contributed by atoms with Gasteiger partial charge in [-0.05, 0) is 5.56 Å². The first kappa shape index (κ1) is 13.3. The molecule has 2 aromatic rings. The van der Waals surface area contributed by atoms with Crippen LogP contribution in [-0.4, -0.2) is 20.2 Å². The summed E-state index contributed by atoms with van der Waals surface area (Å²) in [5.41, 5.74) is 1.31. The topological polar surface area (TPSA) is 54.0 Å². The third-order valence-corrected chi connectivity index (χ3v) is 3.18. The molecule has 0 fully saturated rings. The van der Waals surface area contributed by atoms with Crippen molar-refractivity contribution in [1.29, 1.82) is 0 Å². The highest BCUT2D eigenvalue weighted by Crippen LogP contribution is 2.47. The van der Waals surface area contributed by atoms with E-state index in [0.717, 1.165) is 5.56 Å². The average Bonchev–Trinajstić information content (AvgIpc) is 3.00. The Morgan fingerprint density at radius 1 is 1.24 bits per heavy atom. The van der Waals surface area contributed by atoms with Gasteiger partial charge in [0.25, 0.3) is 0 Å². The quantitative estimate of drug-likeness (QED) is 0.791. The van der Waals surface area contributed by atoms with Gasteiger partial charge < -0.3 is 18.9 Å². The number of carbonyl (C=O) groups excluding carboxylic acids is 1. The number of fused-ring (bicyclic) bond motifs is 1. The van der Waals surface area contributed by atoms with Gasteiger partial charge in [-0.3, -0.25) is 4.79 Å². The van der Waals surface area contributed by atoms with Crippen molar-refractivity contribution < 1.29 is 23.7 Å². The monoisotopic (exact) mass is 286 g/mol. The summed E-state index contributed by atoms with van der Waals surface area (Å²) < 4.78 is 21.7. The van der Waals surface area contributed by atoms with Crippen molar-refractivity contribution >= 4 is 6.29 Å².